The summed E-state index contributed by atoms with van der Waals surface area (Å²) in [5.41, 5.74) is -1.30. The quantitative estimate of drug-likeness (QED) is 0.554. The normalized spacial score (nSPS) is 11.5. The summed E-state index contributed by atoms with van der Waals surface area (Å²) in [6.45, 7) is 0. The predicted molar refractivity (Wildman–Crippen MR) is 42.1 cm³/mol. The van der Waals surface area contributed by atoms with E-state index in [1.54, 1.807) is 12.3 Å². The maximum atomic E-state index is 11.3. The average molecular weight is 164 g/mol. The first kappa shape index (κ1) is 5.70. The van der Waals surface area contributed by atoms with Gasteiger partial charge in [0.1, 0.15) is 5.82 Å². The van der Waals surface area contributed by atoms with Crippen molar-refractivity contribution in [1.82, 2.24) is 14.9 Å². The van der Waals surface area contributed by atoms with E-state index in [1.165, 1.54) is 6.07 Å². The van der Waals surface area contributed by atoms with Crippen LogP contribution >= 0.6 is 0 Å². The molecule has 0 amide bonds. The molecule has 0 aromatic heterocycles. The van der Waals surface area contributed by atoms with Crippen molar-refractivity contribution in [3.8, 4) is 11.4 Å². The van der Waals surface area contributed by atoms with Gasteiger partial charge in [-0.2, -0.15) is 4.98 Å². The maximum absolute atomic E-state index is 11.3. The molecule has 0 bridgehead atoms. The minimum atomic E-state index is -0.875. The van der Waals surface area contributed by atoms with Gasteiger partial charge in [0.2, 0.25) is 0 Å². The highest BCUT2D eigenvalue weighted by Crippen LogP contribution is 2.05. The zero-order valence-corrected chi connectivity index (χ0v) is 5.94. The smallest absolute Gasteiger partial charge is 0.346 e. The van der Waals surface area contributed by atoms with Crippen LogP contribution in [0.25, 0.3) is 11.4 Å². The number of pyridine rings is 1. The number of nitrogens with one attached hydrogen (secondary N) is 2. The van der Waals surface area contributed by atoms with E-state index in [1.807, 2.05) is 0 Å². The molecule has 0 aromatic rings. The number of hydrogen-bond acceptors (Lipinski definition) is 3. The van der Waals surface area contributed by atoms with Gasteiger partial charge in [0.15, 0.2) is 1.41 Å². The van der Waals surface area contributed by atoms with Crippen molar-refractivity contribution in [2.75, 3.05) is 0 Å². The van der Waals surface area contributed by atoms with Crippen LogP contribution in [-0.2, 0) is 0 Å². The first-order valence-corrected chi connectivity index (χ1v) is 3.30. The molecule has 0 unspecified atom stereocenters. The third-order valence-electron chi connectivity index (χ3n) is 1.47. The van der Waals surface area contributed by atoms with Crippen molar-refractivity contribution >= 4 is 0 Å². The molecule has 2 rings (SSSR count). The van der Waals surface area contributed by atoms with Crippen molar-refractivity contribution in [1.29, 1.82) is 0 Å². The SMILES string of the molecule is [2H]n1c(=O)nc2[nH]cccc-2c1=O. The molecule has 60 valence electrons. The predicted octanol–water partition coefficient (Wildman–Crippen LogP) is -0.437. The highest BCUT2D eigenvalue weighted by Gasteiger charge is 2.06. The number of aromatic amines is 2. The summed E-state index contributed by atoms with van der Waals surface area (Å²) in [5.74, 6) is 0.209. The summed E-state index contributed by atoms with van der Waals surface area (Å²) in [5, 5.41) is 0. The lowest BCUT2D eigenvalue weighted by Crippen LogP contribution is -2.25. The van der Waals surface area contributed by atoms with Crippen molar-refractivity contribution in [3.05, 3.63) is 39.2 Å². The number of rotatable bonds is 0. The first-order chi connectivity index (χ1) is 6.20. The molecule has 5 heteroatoms. The summed E-state index contributed by atoms with van der Waals surface area (Å²) in [7, 11) is 0. The van der Waals surface area contributed by atoms with Crippen LogP contribution in [0.2, 0.25) is 1.41 Å². The Balaban J connectivity index is 3.03. The molecule has 0 spiro atoms. The lowest BCUT2D eigenvalue weighted by Gasteiger charge is -1.98. The third-order valence-corrected chi connectivity index (χ3v) is 1.47. The zero-order chi connectivity index (χ0) is 9.42. The van der Waals surface area contributed by atoms with Crippen LogP contribution in [-0.4, -0.2) is 14.9 Å². The topological polar surface area (TPSA) is 78.6 Å². The molecular weight excluding hydrogens is 158 g/mol. The summed E-state index contributed by atoms with van der Waals surface area (Å²) in [4.78, 5) is 28.5. The van der Waals surface area contributed by atoms with E-state index in [0.717, 1.165) is 0 Å². The second-order valence-electron chi connectivity index (χ2n) is 2.24. The lowest BCUT2D eigenvalue weighted by molar-refractivity contribution is 1.00. The largest absolute Gasteiger partial charge is 0.349 e. The van der Waals surface area contributed by atoms with E-state index < -0.39 is 11.2 Å². The molecule has 12 heavy (non-hydrogen) atoms. The van der Waals surface area contributed by atoms with Gasteiger partial charge in [-0.1, -0.05) is 0 Å². The first-order valence-electron chi connectivity index (χ1n) is 3.74. The third kappa shape index (κ3) is 0.914. The standard InChI is InChI=1S/C7H5N3O2/c11-6-4-2-1-3-8-5(4)9-7(12)10-6/h1-3H,(H2,8,9,10,11,12)/i/hD. The van der Waals surface area contributed by atoms with Crippen LogP contribution in [0.15, 0.2) is 27.9 Å². The van der Waals surface area contributed by atoms with Crippen LogP contribution < -0.4 is 11.2 Å². The Labute approximate surface area is 67.9 Å². The molecule has 0 saturated heterocycles. The van der Waals surface area contributed by atoms with Gasteiger partial charge in [-0.15, -0.1) is 0 Å². The van der Waals surface area contributed by atoms with Crippen molar-refractivity contribution in [2.45, 2.75) is 0 Å². The monoisotopic (exact) mass is 164 g/mol. The second kappa shape index (κ2) is 2.30. The van der Waals surface area contributed by atoms with Crippen LogP contribution in [0.5, 0.6) is 0 Å². The minimum absolute atomic E-state index is 0.209. The lowest BCUT2D eigenvalue weighted by atomic mass is 10.2. The van der Waals surface area contributed by atoms with Crippen LogP contribution in [0.3, 0.4) is 0 Å². The molecule has 0 fully saturated rings. The second-order valence-corrected chi connectivity index (χ2v) is 2.24. The van der Waals surface area contributed by atoms with Gasteiger partial charge in [0.05, 0.1) is 5.56 Å². The van der Waals surface area contributed by atoms with Crippen LogP contribution in [0.1, 0.15) is 0 Å². The van der Waals surface area contributed by atoms with E-state index in [9.17, 15) is 9.59 Å². The van der Waals surface area contributed by atoms with Crippen molar-refractivity contribution in [3.63, 3.8) is 0 Å². The molecular formula is C7H5N3O2. The Bertz CT molecular complexity index is 530. The molecule has 2 N–H and O–H groups in total. The van der Waals surface area contributed by atoms with Crippen molar-refractivity contribution in [2.24, 2.45) is 0 Å². The molecule has 0 aromatic carbocycles. The molecule has 0 atom stereocenters. The summed E-state index contributed by atoms with van der Waals surface area (Å²) in [6, 6.07) is 3.11. The number of hydrogen-bond donors (Lipinski definition) is 2. The Morgan fingerprint density at radius 1 is 1.50 bits per heavy atom. The fourth-order valence-electron chi connectivity index (χ4n) is 0.961. The fourth-order valence-corrected chi connectivity index (χ4v) is 0.961. The van der Waals surface area contributed by atoms with E-state index in [2.05, 4.69) is 9.97 Å². The average Bonchev–Trinajstić information content (AvgIpc) is 2.15. The maximum Gasteiger partial charge on any atom is 0.349 e. The highest BCUT2D eigenvalue weighted by atomic mass is 16.2. The van der Waals surface area contributed by atoms with Gasteiger partial charge in [-0.3, -0.25) is 9.77 Å². The molecule has 0 aliphatic carbocycles. The Morgan fingerprint density at radius 3 is 3.17 bits per heavy atom. The van der Waals surface area contributed by atoms with Gasteiger partial charge >= 0.3 is 5.69 Å². The van der Waals surface area contributed by atoms with Gasteiger partial charge in [-0.05, 0) is 12.1 Å². The van der Waals surface area contributed by atoms with E-state index >= 15 is 0 Å². The number of H-pyrrole nitrogens is 2. The molecule has 2 aliphatic rings. The summed E-state index contributed by atoms with van der Waals surface area (Å²) >= 11 is 0. The molecule has 5 nitrogen and oxygen atoms in total. The minimum Gasteiger partial charge on any atom is -0.346 e. The summed E-state index contributed by atoms with van der Waals surface area (Å²) in [6.07, 6.45) is 1.56. The molecule has 2 aliphatic heterocycles. The van der Waals surface area contributed by atoms with Crippen LogP contribution in [0, 0.1) is 0 Å². The highest BCUT2D eigenvalue weighted by molar-refractivity contribution is 5.52. The molecule has 0 radical (unpaired) electrons. The van der Waals surface area contributed by atoms with E-state index in [4.69, 9.17) is 1.41 Å². The zero-order valence-electron chi connectivity index (χ0n) is 6.94. The van der Waals surface area contributed by atoms with Crippen LogP contribution in [0.4, 0.5) is 0 Å². The number of aromatic nitrogens is 3. The van der Waals surface area contributed by atoms with Gasteiger partial charge in [-0.25, -0.2) is 4.79 Å². The summed E-state index contributed by atoms with van der Waals surface area (Å²) < 4.78 is 7.04. The van der Waals surface area contributed by atoms with Gasteiger partial charge in [0.25, 0.3) is 5.56 Å². The fraction of sp³-hybridized carbons (Fsp3) is 0. The Morgan fingerprint density at radius 2 is 2.33 bits per heavy atom. The number of nitrogens with zero attached hydrogens (tertiary/aromatic N) is 1. The molecule has 2 heterocycles. The Kier molecular flexibility index (Phi) is 1.09. The van der Waals surface area contributed by atoms with Gasteiger partial charge in [0, 0.05) is 6.20 Å². The molecule has 0 saturated carbocycles. The number of fused-ring (bicyclic) bond motifs is 1. The Hall–Kier alpha value is -1.91. The van der Waals surface area contributed by atoms with Gasteiger partial charge < -0.3 is 4.98 Å². The van der Waals surface area contributed by atoms with E-state index in [-0.39, 0.29) is 16.4 Å². The van der Waals surface area contributed by atoms with Crippen molar-refractivity contribution < 1.29 is 1.41 Å². The van der Waals surface area contributed by atoms with E-state index in [0.29, 0.717) is 0 Å².